The van der Waals surface area contributed by atoms with Crippen molar-refractivity contribution in [1.29, 1.82) is 0 Å². The third kappa shape index (κ3) is 3.10. The van der Waals surface area contributed by atoms with Crippen LogP contribution in [0.2, 0.25) is 5.15 Å². The van der Waals surface area contributed by atoms with Crippen LogP contribution in [-0.4, -0.2) is 17.6 Å². The van der Waals surface area contributed by atoms with Crippen LogP contribution in [0.1, 0.15) is 24.0 Å². The molecule has 0 spiro atoms. The van der Waals surface area contributed by atoms with E-state index in [0.717, 1.165) is 31.6 Å². The highest BCUT2D eigenvalue weighted by molar-refractivity contribution is 6.30. The van der Waals surface area contributed by atoms with E-state index in [0.29, 0.717) is 12.0 Å². The second-order valence-electron chi connectivity index (χ2n) is 4.17. The molecular formula is C11H12ClF3N2. The van der Waals surface area contributed by atoms with E-state index in [2.05, 4.69) is 10.3 Å². The Labute approximate surface area is 102 Å². The Balaban J connectivity index is 2.20. The molecule has 0 aromatic carbocycles. The van der Waals surface area contributed by atoms with E-state index < -0.39 is 11.7 Å². The fourth-order valence-corrected chi connectivity index (χ4v) is 2.17. The molecule has 1 aromatic rings. The summed E-state index contributed by atoms with van der Waals surface area (Å²) in [5.41, 5.74) is -0.282. The van der Waals surface area contributed by atoms with E-state index in [1.165, 1.54) is 0 Å². The first kappa shape index (κ1) is 12.6. The fourth-order valence-electron chi connectivity index (χ4n) is 1.99. The molecule has 1 N–H and O–H groups in total. The first-order chi connectivity index (χ1) is 7.97. The van der Waals surface area contributed by atoms with Crippen LogP contribution >= 0.6 is 11.6 Å². The molecule has 2 nitrogen and oxygen atoms in total. The smallest absolute Gasteiger partial charge is 0.314 e. The minimum atomic E-state index is -4.37. The van der Waals surface area contributed by atoms with Gasteiger partial charge in [-0.15, -0.1) is 0 Å². The van der Waals surface area contributed by atoms with Gasteiger partial charge in [-0.1, -0.05) is 11.6 Å². The first-order valence-corrected chi connectivity index (χ1v) is 5.79. The quantitative estimate of drug-likeness (QED) is 0.831. The molecule has 0 aliphatic carbocycles. The Morgan fingerprint density at radius 1 is 1.47 bits per heavy atom. The molecule has 0 saturated carbocycles. The zero-order chi connectivity index (χ0) is 12.5. The third-order valence-corrected chi connectivity index (χ3v) is 3.21. The van der Waals surface area contributed by atoms with Crippen LogP contribution in [0.15, 0.2) is 12.3 Å². The predicted octanol–water partition coefficient (Wildman–Crippen LogP) is 3.05. The van der Waals surface area contributed by atoms with E-state index in [-0.39, 0.29) is 11.2 Å². The Morgan fingerprint density at radius 3 is 2.82 bits per heavy atom. The van der Waals surface area contributed by atoms with Gasteiger partial charge in [0.1, 0.15) is 5.15 Å². The summed E-state index contributed by atoms with van der Waals surface area (Å²) in [6.07, 6.45) is -1.08. The van der Waals surface area contributed by atoms with Crippen LogP contribution in [0.5, 0.6) is 0 Å². The molecule has 1 unspecified atom stereocenters. The summed E-state index contributed by atoms with van der Waals surface area (Å²) in [5.74, 6) is 0. The molecule has 1 aliphatic heterocycles. The van der Waals surface area contributed by atoms with Crippen molar-refractivity contribution in [2.24, 2.45) is 0 Å². The number of halogens is 4. The van der Waals surface area contributed by atoms with Crippen molar-refractivity contribution in [1.82, 2.24) is 10.3 Å². The van der Waals surface area contributed by atoms with Gasteiger partial charge >= 0.3 is 6.18 Å². The number of nitrogens with zero attached hydrogens (tertiary/aromatic N) is 1. The van der Waals surface area contributed by atoms with Crippen LogP contribution in [0, 0.1) is 0 Å². The number of nitrogens with one attached hydrogen (secondary N) is 1. The van der Waals surface area contributed by atoms with Crippen molar-refractivity contribution in [3.05, 3.63) is 28.5 Å². The number of pyridine rings is 1. The number of alkyl halides is 3. The van der Waals surface area contributed by atoms with E-state index in [1.54, 1.807) is 0 Å². The summed E-state index contributed by atoms with van der Waals surface area (Å²) in [6.45, 7) is 0.911. The van der Waals surface area contributed by atoms with Crippen molar-refractivity contribution in [3.63, 3.8) is 0 Å². The summed E-state index contributed by atoms with van der Waals surface area (Å²) in [5, 5.41) is 3.38. The lowest BCUT2D eigenvalue weighted by Crippen LogP contribution is -2.24. The standard InChI is InChI=1S/C11H12ClF3N2/c12-10-7(5-9-2-1-3-16-9)4-8(6-17-10)11(13,14)15/h4,6,9,16H,1-3,5H2. The zero-order valence-electron chi connectivity index (χ0n) is 9.02. The lowest BCUT2D eigenvalue weighted by molar-refractivity contribution is -0.137. The Kier molecular flexibility index (Phi) is 3.58. The third-order valence-electron chi connectivity index (χ3n) is 2.87. The van der Waals surface area contributed by atoms with Gasteiger partial charge < -0.3 is 5.32 Å². The summed E-state index contributed by atoms with van der Waals surface area (Å²) in [4.78, 5) is 3.61. The highest BCUT2D eigenvalue weighted by atomic mass is 35.5. The summed E-state index contributed by atoms with van der Waals surface area (Å²) in [7, 11) is 0. The highest BCUT2D eigenvalue weighted by Gasteiger charge is 2.31. The van der Waals surface area contributed by atoms with Crippen LogP contribution in [0.25, 0.3) is 0 Å². The molecule has 1 fully saturated rings. The predicted molar refractivity (Wildman–Crippen MR) is 59.0 cm³/mol. The molecule has 2 rings (SSSR count). The van der Waals surface area contributed by atoms with Crippen molar-refractivity contribution >= 4 is 11.6 Å². The molecule has 94 valence electrons. The molecule has 0 amide bonds. The Hall–Kier alpha value is -0.810. The second kappa shape index (κ2) is 4.82. The molecule has 2 heterocycles. The van der Waals surface area contributed by atoms with Crippen molar-refractivity contribution < 1.29 is 13.2 Å². The lowest BCUT2D eigenvalue weighted by Gasteiger charge is -2.13. The van der Waals surface area contributed by atoms with Gasteiger partial charge in [0.05, 0.1) is 5.56 Å². The van der Waals surface area contributed by atoms with Gasteiger partial charge in [0.2, 0.25) is 0 Å². The lowest BCUT2D eigenvalue weighted by atomic mass is 10.0. The van der Waals surface area contributed by atoms with E-state index in [9.17, 15) is 13.2 Å². The number of aromatic nitrogens is 1. The number of hydrogen-bond acceptors (Lipinski definition) is 2. The maximum atomic E-state index is 12.5. The van der Waals surface area contributed by atoms with Crippen LogP contribution < -0.4 is 5.32 Å². The largest absolute Gasteiger partial charge is 0.417 e. The molecule has 1 saturated heterocycles. The van der Waals surface area contributed by atoms with Crippen LogP contribution in [0.4, 0.5) is 13.2 Å². The number of rotatable bonds is 2. The van der Waals surface area contributed by atoms with E-state index in [1.807, 2.05) is 0 Å². The second-order valence-corrected chi connectivity index (χ2v) is 4.53. The summed E-state index contributed by atoms with van der Waals surface area (Å²) >= 11 is 5.82. The van der Waals surface area contributed by atoms with Gasteiger partial charge in [0, 0.05) is 12.2 Å². The minimum Gasteiger partial charge on any atom is -0.314 e. The zero-order valence-corrected chi connectivity index (χ0v) is 9.78. The van der Waals surface area contributed by atoms with Gasteiger partial charge in [0.25, 0.3) is 0 Å². The number of hydrogen-bond donors (Lipinski definition) is 1. The topological polar surface area (TPSA) is 24.9 Å². The molecule has 0 bridgehead atoms. The summed E-state index contributed by atoms with van der Waals surface area (Å²) < 4.78 is 37.5. The summed E-state index contributed by atoms with van der Waals surface area (Å²) in [6, 6.07) is 1.30. The van der Waals surface area contributed by atoms with Crippen molar-refractivity contribution in [2.45, 2.75) is 31.5 Å². The first-order valence-electron chi connectivity index (χ1n) is 5.42. The Morgan fingerprint density at radius 2 is 2.24 bits per heavy atom. The highest BCUT2D eigenvalue weighted by Crippen LogP contribution is 2.31. The van der Waals surface area contributed by atoms with Gasteiger partial charge in [-0.3, -0.25) is 0 Å². The fraction of sp³-hybridized carbons (Fsp3) is 0.545. The molecule has 0 radical (unpaired) electrons. The molecule has 1 atom stereocenters. The average molecular weight is 265 g/mol. The maximum absolute atomic E-state index is 12.5. The molecule has 17 heavy (non-hydrogen) atoms. The van der Waals surface area contributed by atoms with Gasteiger partial charge in [-0.25, -0.2) is 4.98 Å². The average Bonchev–Trinajstić information content (AvgIpc) is 2.72. The molecular weight excluding hydrogens is 253 g/mol. The molecule has 6 heteroatoms. The van der Waals surface area contributed by atoms with Gasteiger partial charge in [-0.2, -0.15) is 13.2 Å². The normalized spacial score (nSPS) is 20.8. The monoisotopic (exact) mass is 264 g/mol. The van der Waals surface area contributed by atoms with Crippen molar-refractivity contribution in [2.75, 3.05) is 6.54 Å². The van der Waals surface area contributed by atoms with E-state index >= 15 is 0 Å². The van der Waals surface area contributed by atoms with Crippen LogP contribution in [0.3, 0.4) is 0 Å². The molecule has 1 aromatic heterocycles. The molecule has 1 aliphatic rings. The van der Waals surface area contributed by atoms with E-state index in [4.69, 9.17) is 11.6 Å². The van der Waals surface area contributed by atoms with Crippen LogP contribution in [-0.2, 0) is 12.6 Å². The van der Waals surface area contributed by atoms with Gasteiger partial charge in [-0.05, 0) is 37.4 Å². The maximum Gasteiger partial charge on any atom is 0.417 e. The minimum absolute atomic E-state index is 0.159. The Bertz CT molecular complexity index is 400. The van der Waals surface area contributed by atoms with Crippen molar-refractivity contribution in [3.8, 4) is 0 Å². The van der Waals surface area contributed by atoms with Gasteiger partial charge in [0.15, 0.2) is 0 Å². The SMILES string of the molecule is FC(F)(F)c1cnc(Cl)c(CC2CCCN2)c1.